The zero-order chi connectivity index (χ0) is 6.95. The predicted molar refractivity (Wildman–Crippen MR) is 39.4 cm³/mol. The van der Waals surface area contributed by atoms with Gasteiger partial charge in [-0.15, -0.1) is 0 Å². The van der Waals surface area contributed by atoms with Gasteiger partial charge < -0.3 is 9.47 Å². The van der Waals surface area contributed by atoms with E-state index in [2.05, 4.69) is 32.5 Å². The van der Waals surface area contributed by atoms with E-state index >= 15 is 0 Å². The molecule has 0 rings (SSSR count). The Morgan fingerprint density at radius 1 is 1.44 bits per heavy atom. The molecule has 0 aliphatic carbocycles. The van der Waals surface area contributed by atoms with Crippen LogP contribution in [0.5, 0.6) is 0 Å². The van der Waals surface area contributed by atoms with Crippen LogP contribution in [0.2, 0.25) is 0 Å². The van der Waals surface area contributed by atoms with Crippen LogP contribution in [-0.2, 0) is 9.47 Å². The standard InChI is InChI=1S/C6H9BrO2/c1-8-6-9-5-3-2-4-7/h4-6H2,1H3. The molecule has 0 spiro atoms. The van der Waals surface area contributed by atoms with E-state index in [1.807, 2.05) is 0 Å². The van der Waals surface area contributed by atoms with Crippen molar-refractivity contribution in [3.8, 4) is 11.8 Å². The molecule has 0 aromatic rings. The summed E-state index contributed by atoms with van der Waals surface area (Å²) in [6, 6.07) is 0. The lowest BCUT2D eigenvalue weighted by molar-refractivity contribution is -0.0166. The van der Waals surface area contributed by atoms with E-state index in [9.17, 15) is 0 Å². The molecule has 0 bridgehead atoms. The minimum Gasteiger partial charge on any atom is -0.359 e. The molecule has 0 fully saturated rings. The molecular weight excluding hydrogens is 184 g/mol. The van der Waals surface area contributed by atoms with E-state index in [1.54, 1.807) is 7.11 Å². The van der Waals surface area contributed by atoms with E-state index in [4.69, 9.17) is 4.74 Å². The van der Waals surface area contributed by atoms with E-state index in [0.717, 1.165) is 0 Å². The minimum atomic E-state index is 0.316. The maximum atomic E-state index is 4.87. The van der Waals surface area contributed by atoms with Gasteiger partial charge in [-0.3, -0.25) is 0 Å². The Bertz CT molecular complexity index is 103. The number of alkyl halides is 1. The van der Waals surface area contributed by atoms with Gasteiger partial charge in [-0.25, -0.2) is 0 Å². The van der Waals surface area contributed by atoms with Crippen molar-refractivity contribution in [3.05, 3.63) is 0 Å². The summed E-state index contributed by atoms with van der Waals surface area (Å²) < 4.78 is 9.49. The molecule has 0 aliphatic heterocycles. The third-order valence-corrected chi connectivity index (χ3v) is 0.848. The normalized spacial score (nSPS) is 8.22. The van der Waals surface area contributed by atoms with Gasteiger partial charge in [0.25, 0.3) is 0 Å². The zero-order valence-electron chi connectivity index (χ0n) is 5.32. The first-order valence-corrected chi connectivity index (χ1v) is 3.62. The van der Waals surface area contributed by atoms with Crippen LogP contribution in [0.3, 0.4) is 0 Å². The second kappa shape index (κ2) is 7.96. The summed E-state index contributed by atoms with van der Waals surface area (Å²) in [6.45, 7) is 0.760. The quantitative estimate of drug-likeness (QED) is 0.288. The second-order valence-corrected chi connectivity index (χ2v) is 1.80. The lowest BCUT2D eigenvalue weighted by atomic mass is 10.6. The molecule has 0 saturated carbocycles. The lowest BCUT2D eigenvalue weighted by Gasteiger charge is -1.93. The van der Waals surface area contributed by atoms with Crippen molar-refractivity contribution >= 4 is 15.9 Å². The highest BCUT2D eigenvalue weighted by atomic mass is 79.9. The first kappa shape index (κ1) is 8.96. The smallest absolute Gasteiger partial charge is 0.147 e. The van der Waals surface area contributed by atoms with Crippen LogP contribution in [-0.4, -0.2) is 25.8 Å². The molecule has 0 aliphatic rings. The summed E-state index contributed by atoms with van der Waals surface area (Å²) in [5.41, 5.74) is 0. The van der Waals surface area contributed by atoms with Gasteiger partial charge in [0.15, 0.2) is 0 Å². The van der Waals surface area contributed by atoms with Crippen molar-refractivity contribution in [2.24, 2.45) is 0 Å². The van der Waals surface area contributed by atoms with Crippen LogP contribution in [0.4, 0.5) is 0 Å². The largest absolute Gasteiger partial charge is 0.359 e. The number of methoxy groups -OCH3 is 1. The molecule has 9 heavy (non-hydrogen) atoms. The summed E-state index contributed by atoms with van der Waals surface area (Å²) in [5, 5.41) is 0.698. The van der Waals surface area contributed by atoms with Gasteiger partial charge in [0, 0.05) is 7.11 Å². The van der Waals surface area contributed by atoms with Gasteiger partial charge in [0.2, 0.25) is 0 Å². The Balaban J connectivity index is 2.90. The number of rotatable bonds is 3. The van der Waals surface area contributed by atoms with Crippen molar-refractivity contribution in [1.82, 2.24) is 0 Å². The van der Waals surface area contributed by atoms with Crippen LogP contribution in [0.1, 0.15) is 0 Å². The summed E-state index contributed by atoms with van der Waals surface area (Å²) in [6.07, 6.45) is 0. The van der Waals surface area contributed by atoms with Gasteiger partial charge >= 0.3 is 0 Å². The third-order valence-electron chi connectivity index (χ3n) is 0.567. The average molecular weight is 193 g/mol. The van der Waals surface area contributed by atoms with Crippen LogP contribution >= 0.6 is 15.9 Å². The topological polar surface area (TPSA) is 18.5 Å². The summed E-state index contributed by atoms with van der Waals surface area (Å²) in [4.78, 5) is 0. The molecule has 0 aromatic carbocycles. The molecule has 0 atom stereocenters. The molecule has 0 unspecified atom stereocenters. The van der Waals surface area contributed by atoms with E-state index < -0.39 is 0 Å². The fourth-order valence-corrected chi connectivity index (χ4v) is 0.473. The number of ether oxygens (including phenoxy) is 2. The molecule has 0 saturated heterocycles. The van der Waals surface area contributed by atoms with Gasteiger partial charge in [0.05, 0.1) is 5.33 Å². The molecule has 2 nitrogen and oxygen atoms in total. The number of hydrogen-bond acceptors (Lipinski definition) is 2. The maximum absolute atomic E-state index is 4.87. The highest BCUT2D eigenvalue weighted by Crippen LogP contribution is 1.75. The van der Waals surface area contributed by atoms with E-state index in [1.165, 1.54) is 0 Å². The van der Waals surface area contributed by atoms with Crippen molar-refractivity contribution in [3.63, 3.8) is 0 Å². The molecule has 52 valence electrons. The molecule has 0 N–H and O–H groups in total. The van der Waals surface area contributed by atoms with Crippen LogP contribution in [0.15, 0.2) is 0 Å². The van der Waals surface area contributed by atoms with Gasteiger partial charge in [-0.1, -0.05) is 27.8 Å². The first-order valence-electron chi connectivity index (χ1n) is 2.50. The van der Waals surface area contributed by atoms with Crippen molar-refractivity contribution in [2.45, 2.75) is 0 Å². The van der Waals surface area contributed by atoms with Crippen molar-refractivity contribution in [1.29, 1.82) is 0 Å². The maximum Gasteiger partial charge on any atom is 0.147 e. The molecule has 0 heterocycles. The molecule has 0 amide bonds. The fourth-order valence-electron chi connectivity index (χ4n) is 0.274. The van der Waals surface area contributed by atoms with Gasteiger partial charge in [-0.05, 0) is 0 Å². The monoisotopic (exact) mass is 192 g/mol. The zero-order valence-corrected chi connectivity index (χ0v) is 6.90. The highest BCUT2D eigenvalue weighted by molar-refractivity contribution is 9.09. The first-order chi connectivity index (χ1) is 4.41. The number of halogens is 1. The number of hydrogen-bond donors (Lipinski definition) is 0. The predicted octanol–water partition coefficient (Wildman–Crippen LogP) is 1.01. The van der Waals surface area contributed by atoms with Crippen LogP contribution in [0.25, 0.3) is 0 Å². The summed E-state index contributed by atoms with van der Waals surface area (Å²) >= 11 is 3.16. The van der Waals surface area contributed by atoms with E-state index in [0.29, 0.717) is 18.7 Å². The molecule has 0 radical (unpaired) electrons. The summed E-state index contributed by atoms with van der Waals surface area (Å²) in [7, 11) is 1.58. The lowest BCUT2D eigenvalue weighted by Crippen LogP contribution is -1.95. The van der Waals surface area contributed by atoms with Gasteiger partial charge in [0.1, 0.15) is 13.4 Å². The Morgan fingerprint density at radius 2 is 2.22 bits per heavy atom. The third kappa shape index (κ3) is 7.96. The average Bonchev–Trinajstić information content (AvgIpc) is 1.89. The van der Waals surface area contributed by atoms with Crippen LogP contribution in [0, 0.1) is 11.8 Å². The molecule has 3 heteroatoms. The Labute approximate surface area is 63.7 Å². The molecular formula is C6H9BrO2. The van der Waals surface area contributed by atoms with E-state index in [-0.39, 0.29) is 0 Å². The Hall–Kier alpha value is -0.0400. The van der Waals surface area contributed by atoms with Crippen molar-refractivity contribution in [2.75, 3.05) is 25.8 Å². The van der Waals surface area contributed by atoms with Crippen molar-refractivity contribution < 1.29 is 9.47 Å². The Kier molecular flexibility index (Phi) is 7.92. The minimum absolute atomic E-state index is 0.316. The Morgan fingerprint density at radius 3 is 2.78 bits per heavy atom. The van der Waals surface area contributed by atoms with Gasteiger partial charge in [-0.2, -0.15) is 0 Å². The fraction of sp³-hybridized carbons (Fsp3) is 0.667. The second-order valence-electron chi connectivity index (χ2n) is 1.24. The highest BCUT2D eigenvalue weighted by Gasteiger charge is 1.75. The SMILES string of the molecule is COCOCC#CCBr. The van der Waals surface area contributed by atoms with Crippen LogP contribution < -0.4 is 0 Å². The summed E-state index contributed by atoms with van der Waals surface area (Å²) in [5.74, 6) is 5.56. The molecule has 0 aromatic heterocycles.